The van der Waals surface area contributed by atoms with Gasteiger partial charge in [0, 0.05) is 19.0 Å². The molecule has 2 fully saturated rings. The maximum atomic E-state index is 11.9. The van der Waals surface area contributed by atoms with Crippen LogP contribution in [-0.2, 0) is 4.79 Å². The van der Waals surface area contributed by atoms with Crippen LogP contribution >= 0.6 is 0 Å². The summed E-state index contributed by atoms with van der Waals surface area (Å²) in [6, 6.07) is 0. The maximum absolute atomic E-state index is 11.9. The topological polar surface area (TPSA) is 20.3 Å². The summed E-state index contributed by atoms with van der Waals surface area (Å²) in [6.07, 6.45) is 8.13. The third-order valence-electron chi connectivity index (χ3n) is 3.76. The molecule has 0 spiro atoms. The fourth-order valence-electron chi connectivity index (χ4n) is 2.84. The minimum Gasteiger partial charge on any atom is -0.342 e. The first kappa shape index (κ1) is 7.60. The molecule has 70 valence electrons. The molecule has 2 bridgehead atoms. The van der Waals surface area contributed by atoms with Gasteiger partial charge in [0.2, 0.25) is 5.91 Å². The van der Waals surface area contributed by atoms with E-state index < -0.39 is 0 Å². The van der Waals surface area contributed by atoms with Crippen molar-refractivity contribution < 1.29 is 4.79 Å². The summed E-state index contributed by atoms with van der Waals surface area (Å²) < 4.78 is 0. The second-order valence-electron chi connectivity index (χ2n) is 4.57. The number of carbonyl (C=O) groups is 1. The van der Waals surface area contributed by atoms with Crippen molar-refractivity contribution in [2.24, 2.45) is 17.8 Å². The Hall–Kier alpha value is -0.790. The summed E-state index contributed by atoms with van der Waals surface area (Å²) >= 11 is 0. The van der Waals surface area contributed by atoms with E-state index in [4.69, 9.17) is 0 Å². The van der Waals surface area contributed by atoms with Crippen LogP contribution in [0.5, 0.6) is 0 Å². The third-order valence-corrected chi connectivity index (χ3v) is 3.76. The molecular weight excluding hydrogens is 162 g/mol. The Balaban J connectivity index is 1.72. The van der Waals surface area contributed by atoms with Crippen molar-refractivity contribution in [3.05, 3.63) is 12.2 Å². The van der Waals surface area contributed by atoms with Gasteiger partial charge in [0.25, 0.3) is 0 Å². The number of allylic oxidation sites excluding steroid dienone is 2. The SMILES string of the molecule is O=C(C1CC2C=CC1C2)N1CCC1. The molecule has 1 saturated carbocycles. The summed E-state index contributed by atoms with van der Waals surface area (Å²) in [6.45, 7) is 2.02. The van der Waals surface area contributed by atoms with Crippen LogP contribution in [-0.4, -0.2) is 23.9 Å². The van der Waals surface area contributed by atoms with Crippen LogP contribution in [0, 0.1) is 17.8 Å². The average molecular weight is 177 g/mol. The van der Waals surface area contributed by atoms with E-state index in [9.17, 15) is 4.79 Å². The van der Waals surface area contributed by atoms with Crippen LogP contribution in [0.15, 0.2) is 12.2 Å². The summed E-state index contributed by atoms with van der Waals surface area (Å²) in [7, 11) is 0. The van der Waals surface area contributed by atoms with Gasteiger partial charge < -0.3 is 4.90 Å². The van der Waals surface area contributed by atoms with Crippen molar-refractivity contribution in [3.63, 3.8) is 0 Å². The van der Waals surface area contributed by atoms with E-state index in [1.807, 2.05) is 4.90 Å². The second-order valence-corrected chi connectivity index (χ2v) is 4.57. The van der Waals surface area contributed by atoms with Gasteiger partial charge in [0.05, 0.1) is 0 Å². The molecule has 0 radical (unpaired) electrons. The predicted molar refractivity (Wildman–Crippen MR) is 50.0 cm³/mol. The van der Waals surface area contributed by atoms with Crippen LogP contribution in [0.1, 0.15) is 19.3 Å². The molecule has 1 heterocycles. The largest absolute Gasteiger partial charge is 0.342 e. The van der Waals surface area contributed by atoms with Crippen molar-refractivity contribution >= 4 is 5.91 Å². The molecule has 3 atom stereocenters. The lowest BCUT2D eigenvalue weighted by Crippen LogP contribution is -2.46. The molecule has 13 heavy (non-hydrogen) atoms. The summed E-state index contributed by atoms with van der Waals surface area (Å²) in [5.41, 5.74) is 0. The zero-order valence-electron chi connectivity index (χ0n) is 7.78. The second kappa shape index (κ2) is 2.60. The molecule has 2 aliphatic carbocycles. The zero-order valence-corrected chi connectivity index (χ0v) is 7.78. The van der Waals surface area contributed by atoms with Crippen molar-refractivity contribution in [1.82, 2.24) is 4.90 Å². The van der Waals surface area contributed by atoms with Crippen molar-refractivity contribution in [1.29, 1.82) is 0 Å². The van der Waals surface area contributed by atoms with E-state index in [1.165, 1.54) is 12.8 Å². The van der Waals surface area contributed by atoms with Crippen LogP contribution in [0.25, 0.3) is 0 Å². The number of nitrogens with zero attached hydrogens (tertiary/aromatic N) is 1. The molecular formula is C11H15NO. The van der Waals surface area contributed by atoms with Crippen LogP contribution < -0.4 is 0 Å². The van der Waals surface area contributed by atoms with Gasteiger partial charge in [0.1, 0.15) is 0 Å². The molecule has 3 unspecified atom stereocenters. The fraction of sp³-hybridized carbons (Fsp3) is 0.727. The quantitative estimate of drug-likeness (QED) is 0.555. The van der Waals surface area contributed by atoms with E-state index >= 15 is 0 Å². The lowest BCUT2D eigenvalue weighted by Gasteiger charge is -2.34. The fourth-order valence-corrected chi connectivity index (χ4v) is 2.84. The highest BCUT2D eigenvalue weighted by Gasteiger charge is 2.42. The number of fused-ring (bicyclic) bond motifs is 2. The first-order valence-corrected chi connectivity index (χ1v) is 5.32. The summed E-state index contributed by atoms with van der Waals surface area (Å²) in [4.78, 5) is 13.9. The lowest BCUT2D eigenvalue weighted by molar-refractivity contribution is -0.139. The molecule has 3 rings (SSSR count). The van der Waals surface area contributed by atoms with E-state index in [0.717, 1.165) is 25.4 Å². The number of likely N-dealkylation sites (tertiary alicyclic amines) is 1. The Kier molecular flexibility index (Phi) is 1.52. The lowest BCUT2D eigenvalue weighted by atomic mass is 9.91. The maximum Gasteiger partial charge on any atom is 0.226 e. The molecule has 0 aromatic heterocycles. The minimum atomic E-state index is 0.343. The first-order chi connectivity index (χ1) is 6.34. The molecule has 1 saturated heterocycles. The Labute approximate surface area is 78.6 Å². The van der Waals surface area contributed by atoms with Crippen LogP contribution in [0.3, 0.4) is 0 Å². The van der Waals surface area contributed by atoms with Gasteiger partial charge in [-0.25, -0.2) is 0 Å². The van der Waals surface area contributed by atoms with Crippen LogP contribution in [0.2, 0.25) is 0 Å². The van der Waals surface area contributed by atoms with Gasteiger partial charge in [-0.1, -0.05) is 12.2 Å². The van der Waals surface area contributed by atoms with E-state index in [-0.39, 0.29) is 0 Å². The molecule has 1 aliphatic heterocycles. The van der Waals surface area contributed by atoms with Gasteiger partial charge in [-0.2, -0.15) is 0 Å². The van der Waals surface area contributed by atoms with Crippen molar-refractivity contribution in [2.45, 2.75) is 19.3 Å². The molecule has 0 N–H and O–H groups in total. The first-order valence-electron chi connectivity index (χ1n) is 5.32. The van der Waals surface area contributed by atoms with Crippen molar-refractivity contribution in [3.8, 4) is 0 Å². The van der Waals surface area contributed by atoms with E-state index in [0.29, 0.717) is 17.7 Å². The summed E-state index contributed by atoms with van der Waals surface area (Å²) in [5, 5.41) is 0. The molecule has 2 heteroatoms. The molecule has 2 nitrogen and oxygen atoms in total. The molecule has 3 aliphatic rings. The number of hydrogen-bond acceptors (Lipinski definition) is 1. The average Bonchev–Trinajstić information content (AvgIpc) is 2.59. The number of carbonyl (C=O) groups excluding carboxylic acids is 1. The van der Waals surface area contributed by atoms with Crippen LogP contribution in [0.4, 0.5) is 0 Å². The smallest absolute Gasteiger partial charge is 0.226 e. The monoisotopic (exact) mass is 177 g/mol. The highest BCUT2D eigenvalue weighted by atomic mass is 16.2. The van der Waals surface area contributed by atoms with Gasteiger partial charge in [-0.05, 0) is 31.1 Å². The molecule has 0 aromatic carbocycles. The van der Waals surface area contributed by atoms with Gasteiger partial charge in [-0.15, -0.1) is 0 Å². The standard InChI is InChI=1S/C11H15NO/c13-11(12-4-1-5-12)10-7-8-2-3-9(10)6-8/h2-3,8-10H,1,4-7H2. The van der Waals surface area contributed by atoms with Gasteiger partial charge in [0.15, 0.2) is 0 Å². The van der Waals surface area contributed by atoms with Crippen molar-refractivity contribution in [2.75, 3.05) is 13.1 Å². The van der Waals surface area contributed by atoms with E-state index in [1.54, 1.807) is 0 Å². The molecule has 1 amide bonds. The Morgan fingerprint density at radius 3 is 2.54 bits per heavy atom. The highest BCUT2D eigenvalue weighted by Crippen LogP contribution is 2.44. The van der Waals surface area contributed by atoms with Gasteiger partial charge in [-0.3, -0.25) is 4.79 Å². The summed E-state index contributed by atoms with van der Waals surface area (Å²) in [5.74, 6) is 2.08. The molecule has 0 aromatic rings. The zero-order chi connectivity index (χ0) is 8.84. The Morgan fingerprint density at radius 1 is 1.23 bits per heavy atom. The highest BCUT2D eigenvalue weighted by molar-refractivity contribution is 5.80. The number of hydrogen-bond donors (Lipinski definition) is 0. The minimum absolute atomic E-state index is 0.343. The normalized spacial score (nSPS) is 40.9. The Morgan fingerprint density at radius 2 is 2.08 bits per heavy atom. The third kappa shape index (κ3) is 1.04. The number of rotatable bonds is 1. The Bertz CT molecular complexity index is 267. The predicted octanol–water partition coefficient (Wildman–Crippen LogP) is 1.43. The number of amides is 1. The van der Waals surface area contributed by atoms with Gasteiger partial charge >= 0.3 is 0 Å². The van der Waals surface area contributed by atoms with E-state index in [2.05, 4.69) is 12.2 Å².